The molecule has 0 saturated carbocycles. The molecule has 5 heteroatoms. The zero-order valence-corrected chi connectivity index (χ0v) is 11.9. The maximum absolute atomic E-state index is 11.7. The van der Waals surface area contributed by atoms with Crippen molar-refractivity contribution in [3.8, 4) is 11.5 Å². The lowest BCUT2D eigenvalue weighted by Gasteiger charge is -2.11. The van der Waals surface area contributed by atoms with Gasteiger partial charge in [0.2, 0.25) is 0 Å². The number of halogens is 1. The van der Waals surface area contributed by atoms with Crippen molar-refractivity contribution in [2.45, 2.75) is 6.92 Å². The third-order valence-electron chi connectivity index (χ3n) is 2.77. The summed E-state index contributed by atoms with van der Waals surface area (Å²) in [5, 5.41) is 0.655. The Bertz CT molecular complexity index is 656. The number of carbonyl (C=O) groups excluding carboxylic acids is 1. The SMILES string of the molecule is COC(=O)c1cc(N)ccc1Oc1ccc(Cl)c(C)c1. The number of hydrogen-bond donors (Lipinski definition) is 1. The van der Waals surface area contributed by atoms with Crippen LogP contribution in [0.5, 0.6) is 11.5 Å². The van der Waals surface area contributed by atoms with E-state index in [0.717, 1.165) is 5.56 Å². The van der Waals surface area contributed by atoms with E-state index in [9.17, 15) is 4.79 Å². The summed E-state index contributed by atoms with van der Waals surface area (Å²) in [6.45, 7) is 1.87. The molecule has 0 aliphatic carbocycles. The Hall–Kier alpha value is -2.20. The third kappa shape index (κ3) is 3.03. The number of ether oxygens (including phenoxy) is 2. The third-order valence-corrected chi connectivity index (χ3v) is 3.19. The monoisotopic (exact) mass is 291 g/mol. The van der Waals surface area contributed by atoms with Crippen molar-refractivity contribution in [3.63, 3.8) is 0 Å². The molecule has 20 heavy (non-hydrogen) atoms. The Morgan fingerprint density at radius 1 is 1.20 bits per heavy atom. The van der Waals surface area contributed by atoms with Gasteiger partial charge in [-0.2, -0.15) is 0 Å². The van der Waals surface area contributed by atoms with Crippen LogP contribution < -0.4 is 10.5 Å². The molecule has 0 heterocycles. The first-order valence-electron chi connectivity index (χ1n) is 5.93. The molecule has 104 valence electrons. The predicted octanol–water partition coefficient (Wildman–Crippen LogP) is 3.81. The lowest BCUT2D eigenvalue weighted by atomic mass is 10.1. The van der Waals surface area contributed by atoms with Gasteiger partial charge in [0.05, 0.1) is 7.11 Å². The van der Waals surface area contributed by atoms with Crippen LogP contribution in [-0.2, 0) is 4.74 Å². The molecular formula is C15H14ClNO3. The van der Waals surface area contributed by atoms with Crippen molar-refractivity contribution in [2.24, 2.45) is 0 Å². The predicted molar refractivity (Wildman–Crippen MR) is 78.5 cm³/mol. The zero-order valence-electron chi connectivity index (χ0n) is 11.1. The van der Waals surface area contributed by atoms with Crippen LogP contribution in [-0.4, -0.2) is 13.1 Å². The molecule has 0 radical (unpaired) electrons. The quantitative estimate of drug-likeness (QED) is 0.690. The van der Waals surface area contributed by atoms with Gasteiger partial charge in [0, 0.05) is 10.7 Å². The summed E-state index contributed by atoms with van der Waals surface area (Å²) in [6, 6.07) is 10.1. The Morgan fingerprint density at radius 2 is 1.95 bits per heavy atom. The number of benzene rings is 2. The molecule has 2 aromatic rings. The fourth-order valence-electron chi connectivity index (χ4n) is 1.71. The molecule has 2 N–H and O–H groups in total. The first-order valence-corrected chi connectivity index (χ1v) is 6.31. The van der Waals surface area contributed by atoms with Crippen molar-refractivity contribution in [2.75, 3.05) is 12.8 Å². The molecule has 0 saturated heterocycles. The second kappa shape index (κ2) is 5.84. The molecule has 0 aliphatic heterocycles. The van der Waals surface area contributed by atoms with Gasteiger partial charge in [0.25, 0.3) is 0 Å². The molecule has 0 bridgehead atoms. The highest BCUT2D eigenvalue weighted by Crippen LogP contribution is 2.29. The highest BCUT2D eigenvalue weighted by molar-refractivity contribution is 6.31. The molecule has 0 unspecified atom stereocenters. The first kappa shape index (κ1) is 14.2. The van der Waals surface area contributed by atoms with Crippen molar-refractivity contribution in [1.29, 1.82) is 0 Å². The van der Waals surface area contributed by atoms with E-state index in [0.29, 0.717) is 22.2 Å². The van der Waals surface area contributed by atoms with Crippen LogP contribution in [0, 0.1) is 6.92 Å². The van der Waals surface area contributed by atoms with Gasteiger partial charge in [0.15, 0.2) is 0 Å². The molecule has 2 rings (SSSR count). The van der Waals surface area contributed by atoms with Gasteiger partial charge in [0.1, 0.15) is 17.1 Å². The molecule has 0 aromatic heterocycles. The first-order chi connectivity index (χ1) is 9.51. The highest BCUT2D eigenvalue weighted by atomic mass is 35.5. The van der Waals surface area contributed by atoms with E-state index in [-0.39, 0.29) is 5.56 Å². The van der Waals surface area contributed by atoms with Crippen molar-refractivity contribution < 1.29 is 14.3 Å². The Morgan fingerprint density at radius 3 is 2.60 bits per heavy atom. The van der Waals surface area contributed by atoms with E-state index >= 15 is 0 Å². The number of hydrogen-bond acceptors (Lipinski definition) is 4. The molecule has 0 spiro atoms. The summed E-state index contributed by atoms with van der Waals surface area (Å²) < 4.78 is 10.4. The largest absolute Gasteiger partial charge is 0.465 e. The fraction of sp³-hybridized carbons (Fsp3) is 0.133. The van der Waals surface area contributed by atoms with Crippen molar-refractivity contribution in [3.05, 3.63) is 52.5 Å². The van der Waals surface area contributed by atoms with E-state index in [2.05, 4.69) is 0 Å². The minimum absolute atomic E-state index is 0.278. The average molecular weight is 292 g/mol. The highest BCUT2D eigenvalue weighted by Gasteiger charge is 2.14. The van der Waals surface area contributed by atoms with Crippen LogP contribution >= 0.6 is 11.6 Å². The molecule has 0 aliphatic rings. The van der Waals surface area contributed by atoms with Gasteiger partial charge in [-0.25, -0.2) is 4.79 Å². The molecule has 0 fully saturated rings. The maximum Gasteiger partial charge on any atom is 0.341 e. The van der Waals surface area contributed by atoms with Gasteiger partial charge in [-0.05, 0) is 48.9 Å². The van der Waals surface area contributed by atoms with Crippen LogP contribution in [0.4, 0.5) is 5.69 Å². The lowest BCUT2D eigenvalue weighted by Crippen LogP contribution is -2.04. The standard InChI is InChI=1S/C15H14ClNO3/c1-9-7-11(4-5-13(9)16)20-14-6-3-10(17)8-12(14)15(18)19-2/h3-8H,17H2,1-2H3. The summed E-state index contributed by atoms with van der Waals surface area (Å²) >= 11 is 5.96. The summed E-state index contributed by atoms with van der Waals surface area (Å²) in [5.41, 5.74) is 7.31. The molecule has 2 aromatic carbocycles. The van der Waals surface area contributed by atoms with Crippen LogP contribution in [0.3, 0.4) is 0 Å². The van der Waals surface area contributed by atoms with Gasteiger partial charge in [-0.15, -0.1) is 0 Å². The molecule has 0 amide bonds. The van der Waals surface area contributed by atoms with E-state index in [1.807, 2.05) is 6.92 Å². The number of carbonyl (C=O) groups is 1. The van der Waals surface area contributed by atoms with Crippen LogP contribution in [0.2, 0.25) is 5.02 Å². The van der Waals surface area contributed by atoms with E-state index < -0.39 is 5.97 Å². The summed E-state index contributed by atoms with van der Waals surface area (Å²) in [7, 11) is 1.31. The summed E-state index contributed by atoms with van der Waals surface area (Å²) in [5.74, 6) is 0.465. The number of aryl methyl sites for hydroxylation is 1. The normalized spacial score (nSPS) is 10.2. The van der Waals surface area contributed by atoms with E-state index in [1.54, 1.807) is 30.3 Å². The molecule has 4 nitrogen and oxygen atoms in total. The van der Waals surface area contributed by atoms with Crippen LogP contribution in [0.15, 0.2) is 36.4 Å². The maximum atomic E-state index is 11.7. The minimum Gasteiger partial charge on any atom is -0.465 e. The topological polar surface area (TPSA) is 61.5 Å². The number of nitrogen functional groups attached to an aromatic ring is 1. The van der Waals surface area contributed by atoms with Gasteiger partial charge >= 0.3 is 5.97 Å². The van der Waals surface area contributed by atoms with Crippen LogP contribution in [0.25, 0.3) is 0 Å². The summed E-state index contributed by atoms with van der Waals surface area (Å²) in [4.78, 5) is 11.7. The summed E-state index contributed by atoms with van der Waals surface area (Å²) in [6.07, 6.45) is 0. The number of nitrogens with two attached hydrogens (primary N) is 1. The number of anilines is 1. The second-order valence-corrected chi connectivity index (χ2v) is 4.67. The number of esters is 1. The molecular weight excluding hydrogens is 278 g/mol. The zero-order chi connectivity index (χ0) is 14.7. The fourth-order valence-corrected chi connectivity index (χ4v) is 1.83. The van der Waals surface area contributed by atoms with Gasteiger partial charge < -0.3 is 15.2 Å². The minimum atomic E-state index is -0.502. The molecule has 0 atom stereocenters. The van der Waals surface area contributed by atoms with Crippen molar-refractivity contribution >= 4 is 23.3 Å². The Labute approximate surface area is 122 Å². The van der Waals surface area contributed by atoms with E-state index in [4.69, 9.17) is 26.8 Å². The number of methoxy groups -OCH3 is 1. The van der Waals surface area contributed by atoms with Crippen molar-refractivity contribution in [1.82, 2.24) is 0 Å². The Balaban J connectivity index is 2.37. The Kier molecular flexibility index (Phi) is 4.15. The smallest absolute Gasteiger partial charge is 0.341 e. The lowest BCUT2D eigenvalue weighted by molar-refractivity contribution is 0.0598. The van der Waals surface area contributed by atoms with E-state index in [1.165, 1.54) is 13.2 Å². The van der Waals surface area contributed by atoms with Crippen LogP contribution in [0.1, 0.15) is 15.9 Å². The van der Waals surface area contributed by atoms with Gasteiger partial charge in [-0.1, -0.05) is 11.6 Å². The number of rotatable bonds is 3. The average Bonchev–Trinajstić information content (AvgIpc) is 2.44. The van der Waals surface area contributed by atoms with Gasteiger partial charge in [-0.3, -0.25) is 0 Å². The second-order valence-electron chi connectivity index (χ2n) is 4.26.